The van der Waals surface area contributed by atoms with Gasteiger partial charge in [0.2, 0.25) is 0 Å². The van der Waals surface area contributed by atoms with Crippen LogP contribution in [0.15, 0.2) is 0 Å². The SMILES string of the molecule is CCSC1CCCCC1NC(=O)NC(C)COC. The summed E-state index contributed by atoms with van der Waals surface area (Å²) in [4.78, 5) is 11.9. The zero-order valence-electron chi connectivity index (χ0n) is 11.7. The first kappa shape index (κ1) is 15.6. The van der Waals surface area contributed by atoms with Crippen LogP contribution in [0, 0.1) is 0 Å². The summed E-state index contributed by atoms with van der Waals surface area (Å²) in [5.74, 6) is 1.12. The van der Waals surface area contributed by atoms with E-state index in [0.717, 1.165) is 12.2 Å². The molecule has 0 saturated heterocycles. The molecule has 5 heteroatoms. The molecule has 2 N–H and O–H groups in total. The lowest BCUT2D eigenvalue weighted by Gasteiger charge is -2.32. The van der Waals surface area contributed by atoms with Gasteiger partial charge in [0.05, 0.1) is 12.6 Å². The van der Waals surface area contributed by atoms with Crippen LogP contribution >= 0.6 is 11.8 Å². The topological polar surface area (TPSA) is 50.4 Å². The van der Waals surface area contributed by atoms with Crippen molar-refractivity contribution in [2.75, 3.05) is 19.5 Å². The number of methoxy groups -OCH3 is 1. The minimum atomic E-state index is -0.0619. The average Bonchev–Trinajstić information content (AvgIpc) is 2.32. The summed E-state index contributed by atoms with van der Waals surface area (Å²) in [6.07, 6.45) is 4.83. The minimum absolute atomic E-state index is 0.0517. The van der Waals surface area contributed by atoms with Crippen LogP contribution in [0.4, 0.5) is 4.79 Å². The number of nitrogens with one attached hydrogen (secondary N) is 2. The van der Waals surface area contributed by atoms with Gasteiger partial charge >= 0.3 is 6.03 Å². The van der Waals surface area contributed by atoms with E-state index in [1.54, 1.807) is 7.11 Å². The zero-order valence-corrected chi connectivity index (χ0v) is 12.5. The van der Waals surface area contributed by atoms with E-state index in [9.17, 15) is 4.79 Å². The van der Waals surface area contributed by atoms with Crippen LogP contribution < -0.4 is 10.6 Å². The highest BCUT2D eigenvalue weighted by molar-refractivity contribution is 7.99. The van der Waals surface area contributed by atoms with E-state index in [1.807, 2.05) is 18.7 Å². The Bertz CT molecular complexity index is 249. The molecule has 4 nitrogen and oxygen atoms in total. The molecule has 0 aromatic heterocycles. The molecule has 3 atom stereocenters. The van der Waals surface area contributed by atoms with E-state index in [1.165, 1.54) is 19.3 Å². The fourth-order valence-corrected chi connectivity index (χ4v) is 3.60. The Morgan fingerprint density at radius 3 is 2.83 bits per heavy atom. The molecule has 0 heterocycles. The van der Waals surface area contributed by atoms with Crippen LogP contribution in [0.5, 0.6) is 0 Å². The number of hydrogen-bond acceptors (Lipinski definition) is 3. The number of amides is 2. The summed E-state index contributed by atoms with van der Waals surface area (Å²) in [6.45, 7) is 4.67. The Morgan fingerprint density at radius 1 is 1.44 bits per heavy atom. The fraction of sp³-hybridized carbons (Fsp3) is 0.923. The zero-order chi connectivity index (χ0) is 13.4. The summed E-state index contributed by atoms with van der Waals surface area (Å²) < 4.78 is 5.01. The number of urea groups is 1. The smallest absolute Gasteiger partial charge is 0.315 e. The Morgan fingerprint density at radius 2 is 2.17 bits per heavy atom. The van der Waals surface area contributed by atoms with E-state index in [0.29, 0.717) is 17.9 Å². The Kier molecular flexibility index (Phi) is 7.51. The van der Waals surface area contributed by atoms with Gasteiger partial charge in [0, 0.05) is 18.4 Å². The van der Waals surface area contributed by atoms with Crippen LogP contribution in [0.25, 0.3) is 0 Å². The molecule has 3 unspecified atom stereocenters. The number of thioether (sulfide) groups is 1. The van der Waals surface area contributed by atoms with E-state index in [2.05, 4.69) is 17.6 Å². The van der Waals surface area contributed by atoms with Crippen LogP contribution in [0.1, 0.15) is 39.5 Å². The van der Waals surface area contributed by atoms with Crippen molar-refractivity contribution in [2.45, 2.75) is 56.9 Å². The number of carbonyl (C=O) groups excluding carboxylic acids is 1. The monoisotopic (exact) mass is 274 g/mol. The van der Waals surface area contributed by atoms with Crippen molar-refractivity contribution in [1.29, 1.82) is 0 Å². The maximum atomic E-state index is 11.9. The predicted molar refractivity (Wildman–Crippen MR) is 77.2 cm³/mol. The standard InChI is InChI=1S/C13H26N2O2S/c1-4-18-12-8-6-5-7-11(12)15-13(16)14-10(2)9-17-3/h10-12H,4-9H2,1-3H3,(H2,14,15,16). The average molecular weight is 274 g/mol. The predicted octanol–water partition coefficient (Wildman–Crippen LogP) is 2.38. The van der Waals surface area contributed by atoms with Gasteiger partial charge in [-0.05, 0) is 25.5 Å². The first-order valence-corrected chi connectivity index (χ1v) is 7.89. The molecule has 2 amide bonds. The van der Waals surface area contributed by atoms with E-state index in [-0.39, 0.29) is 12.1 Å². The van der Waals surface area contributed by atoms with Crippen molar-refractivity contribution in [3.05, 3.63) is 0 Å². The molecular formula is C13H26N2O2S. The first-order valence-electron chi connectivity index (χ1n) is 6.85. The van der Waals surface area contributed by atoms with Gasteiger partial charge in [0.1, 0.15) is 0 Å². The van der Waals surface area contributed by atoms with Gasteiger partial charge in [-0.15, -0.1) is 0 Å². The van der Waals surface area contributed by atoms with Crippen LogP contribution in [-0.2, 0) is 4.74 Å². The molecule has 18 heavy (non-hydrogen) atoms. The Balaban J connectivity index is 2.36. The Labute approximate surface area is 115 Å². The number of hydrogen-bond donors (Lipinski definition) is 2. The van der Waals surface area contributed by atoms with Crippen LogP contribution in [0.3, 0.4) is 0 Å². The molecule has 0 radical (unpaired) electrons. The van der Waals surface area contributed by atoms with Gasteiger partial charge in [-0.3, -0.25) is 0 Å². The second kappa shape index (κ2) is 8.64. The molecule has 1 fully saturated rings. The van der Waals surface area contributed by atoms with Gasteiger partial charge in [-0.1, -0.05) is 19.8 Å². The molecule has 1 aliphatic rings. The van der Waals surface area contributed by atoms with E-state index < -0.39 is 0 Å². The van der Waals surface area contributed by atoms with Gasteiger partial charge < -0.3 is 15.4 Å². The normalized spacial score (nSPS) is 25.5. The van der Waals surface area contributed by atoms with Crippen LogP contribution in [-0.4, -0.2) is 42.8 Å². The molecule has 0 bridgehead atoms. The van der Waals surface area contributed by atoms with Gasteiger partial charge in [-0.25, -0.2) is 4.79 Å². The molecule has 1 saturated carbocycles. The molecule has 106 valence electrons. The molecule has 0 aliphatic heterocycles. The third kappa shape index (κ3) is 5.48. The highest BCUT2D eigenvalue weighted by Crippen LogP contribution is 2.28. The summed E-state index contributed by atoms with van der Waals surface area (Å²) in [7, 11) is 1.64. The molecular weight excluding hydrogens is 248 g/mol. The Hall–Kier alpha value is -0.420. The highest BCUT2D eigenvalue weighted by Gasteiger charge is 2.26. The first-order chi connectivity index (χ1) is 8.67. The van der Waals surface area contributed by atoms with Crippen molar-refractivity contribution in [3.8, 4) is 0 Å². The maximum absolute atomic E-state index is 11.9. The summed E-state index contributed by atoms with van der Waals surface area (Å²) >= 11 is 1.96. The quantitative estimate of drug-likeness (QED) is 0.782. The molecule has 0 spiro atoms. The van der Waals surface area contributed by atoms with Gasteiger partial charge in [0.15, 0.2) is 0 Å². The van der Waals surface area contributed by atoms with Gasteiger partial charge in [0.25, 0.3) is 0 Å². The minimum Gasteiger partial charge on any atom is -0.383 e. The summed E-state index contributed by atoms with van der Waals surface area (Å²) in [5.41, 5.74) is 0. The second-order valence-corrected chi connectivity index (χ2v) is 6.38. The third-order valence-electron chi connectivity index (χ3n) is 3.19. The third-order valence-corrected chi connectivity index (χ3v) is 4.52. The van der Waals surface area contributed by atoms with E-state index in [4.69, 9.17) is 4.74 Å². The number of ether oxygens (including phenoxy) is 1. The fourth-order valence-electron chi connectivity index (χ4n) is 2.40. The second-order valence-electron chi connectivity index (χ2n) is 4.86. The van der Waals surface area contributed by atoms with Crippen molar-refractivity contribution >= 4 is 17.8 Å². The molecule has 1 aliphatic carbocycles. The highest BCUT2D eigenvalue weighted by atomic mass is 32.2. The summed E-state index contributed by atoms with van der Waals surface area (Å²) in [6, 6.07) is 0.308. The van der Waals surface area contributed by atoms with Crippen LogP contribution in [0.2, 0.25) is 0 Å². The number of rotatable bonds is 6. The molecule has 1 rings (SSSR count). The molecule has 0 aromatic rings. The van der Waals surface area contributed by atoms with Crippen molar-refractivity contribution in [2.24, 2.45) is 0 Å². The maximum Gasteiger partial charge on any atom is 0.315 e. The molecule has 0 aromatic carbocycles. The van der Waals surface area contributed by atoms with E-state index >= 15 is 0 Å². The van der Waals surface area contributed by atoms with Crippen molar-refractivity contribution < 1.29 is 9.53 Å². The van der Waals surface area contributed by atoms with Gasteiger partial charge in [-0.2, -0.15) is 11.8 Å². The largest absolute Gasteiger partial charge is 0.383 e. The lowest BCUT2D eigenvalue weighted by Crippen LogP contribution is -2.50. The van der Waals surface area contributed by atoms with Crippen molar-refractivity contribution in [1.82, 2.24) is 10.6 Å². The number of carbonyl (C=O) groups is 1. The van der Waals surface area contributed by atoms with Crippen molar-refractivity contribution in [3.63, 3.8) is 0 Å². The lowest BCUT2D eigenvalue weighted by molar-refractivity contribution is 0.169. The summed E-state index contributed by atoms with van der Waals surface area (Å²) in [5, 5.41) is 6.60. The lowest BCUT2D eigenvalue weighted by atomic mass is 9.95.